The molecule has 0 spiro atoms. The Hall–Kier alpha value is -1.06. The largest absolute Gasteiger partial charge is 1.00 e. The summed E-state index contributed by atoms with van der Waals surface area (Å²) >= 11 is 0. The van der Waals surface area contributed by atoms with E-state index in [1.165, 1.54) is 0 Å². The number of carbonyl (C=O) groups excluding carboxylic acids is 1. The Balaban J connectivity index is 0.00000180. The molecule has 2 nitrogen and oxygen atoms in total. The van der Waals surface area contributed by atoms with Crippen LogP contribution < -0.4 is 28.9 Å². The molecule has 19 heavy (non-hydrogen) atoms. The second-order valence-electron chi connectivity index (χ2n) is 3.90. The molecule has 0 saturated carbocycles. The van der Waals surface area contributed by atoms with Gasteiger partial charge < -0.3 is 18.1 Å². The second kappa shape index (κ2) is 7.51. The summed E-state index contributed by atoms with van der Waals surface area (Å²) in [5.41, 5.74) is 1.68. The van der Waals surface area contributed by atoms with Gasteiger partial charge in [-0.15, -0.1) is 0 Å². The molecule has 4 heteroatoms. The zero-order valence-corrected chi connectivity index (χ0v) is 12.3. The molecular weight excluding hydrogens is 250 g/mol. The molecule has 0 atom stereocenters. The summed E-state index contributed by atoms with van der Waals surface area (Å²) in [5.74, 6) is 0.642. The van der Waals surface area contributed by atoms with E-state index in [4.69, 9.17) is 4.74 Å². The fourth-order valence-corrected chi connectivity index (χ4v) is 2.71. The Morgan fingerprint density at radius 3 is 2.37 bits per heavy atom. The molecule has 0 bridgehead atoms. The van der Waals surface area contributed by atoms with E-state index in [9.17, 15) is 4.79 Å². The Kier molecular flexibility index (Phi) is 6.32. The molecule has 92 valence electrons. The van der Waals surface area contributed by atoms with Crippen molar-refractivity contribution in [2.24, 2.45) is 0 Å². The molecule has 0 radical (unpaired) electrons. The number of hydrogen-bond donors (Lipinski definition) is 0. The molecule has 0 fully saturated rings. The molecule has 0 amide bonds. The Morgan fingerprint density at radius 1 is 1.05 bits per heavy atom. The van der Waals surface area contributed by atoms with E-state index in [0.717, 1.165) is 10.9 Å². The summed E-state index contributed by atoms with van der Waals surface area (Å²) in [5, 5.41) is 0.993. The topological polar surface area (TPSA) is 26.3 Å². The van der Waals surface area contributed by atoms with Gasteiger partial charge in [-0.2, -0.15) is 5.30 Å². The molecule has 0 N–H and O–H groups in total. The van der Waals surface area contributed by atoms with Crippen LogP contribution in [0.25, 0.3) is 0 Å². The number of benzene rings is 2. The number of methoxy groups -OCH3 is 1. The van der Waals surface area contributed by atoms with E-state index in [1.807, 2.05) is 55.5 Å². The summed E-state index contributed by atoms with van der Waals surface area (Å²) in [6.45, 7) is 1.93. The predicted octanol–water partition coefficient (Wildman–Crippen LogP) is 0.420. The van der Waals surface area contributed by atoms with Crippen molar-refractivity contribution in [2.75, 3.05) is 7.11 Å². The van der Waals surface area contributed by atoms with Gasteiger partial charge in [0.05, 0.1) is 7.11 Å². The zero-order valence-electron chi connectivity index (χ0n) is 11.4. The number of rotatable bonds is 4. The Bertz CT molecular complexity index is 555. The summed E-state index contributed by atoms with van der Waals surface area (Å²) < 4.78 is 5.26. The molecule has 0 aliphatic carbocycles. The third kappa shape index (κ3) is 3.95. The fourth-order valence-electron chi connectivity index (χ4n) is 1.76. The molecule has 2 aromatic carbocycles. The van der Waals surface area contributed by atoms with Gasteiger partial charge in [-0.05, 0) is 18.6 Å². The van der Waals surface area contributed by atoms with Crippen molar-refractivity contribution >= 4 is 19.4 Å². The summed E-state index contributed by atoms with van der Waals surface area (Å²) in [6, 6.07) is 15.4. The van der Waals surface area contributed by atoms with Gasteiger partial charge in [-0.25, -0.2) is 0 Å². The van der Waals surface area contributed by atoms with Crippen molar-refractivity contribution in [3.63, 3.8) is 0 Å². The van der Waals surface area contributed by atoms with Crippen LogP contribution in [0.15, 0.2) is 48.5 Å². The SMILES string of the molecule is COc1cccc(C)c1C(=O)[P-]c1ccccc1.[Li+]. The van der Waals surface area contributed by atoms with E-state index in [-0.39, 0.29) is 24.4 Å². The van der Waals surface area contributed by atoms with Crippen molar-refractivity contribution in [3.05, 3.63) is 59.7 Å². The first-order valence-electron chi connectivity index (χ1n) is 5.67. The zero-order chi connectivity index (χ0) is 13.0. The fraction of sp³-hybridized carbons (Fsp3) is 0.133. The van der Waals surface area contributed by atoms with E-state index in [0.29, 0.717) is 19.9 Å². The van der Waals surface area contributed by atoms with E-state index < -0.39 is 0 Å². The molecule has 0 aliphatic heterocycles. The minimum absolute atomic E-state index is 0. The number of aryl methyl sites for hydroxylation is 1. The van der Waals surface area contributed by atoms with Crippen LogP contribution in [-0.4, -0.2) is 12.6 Å². The standard InChI is InChI=1S/C15H14O2P.Li/c1-11-7-6-10-13(17-2)14(11)15(16)18-12-8-4-3-5-9-12;/h3-10H,1-2H3;/q-1;+1. The Labute approximate surface area is 127 Å². The average Bonchev–Trinajstić information content (AvgIpc) is 2.39. The Morgan fingerprint density at radius 2 is 1.74 bits per heavy atom. The van der Waals surface area contributed by atoms with Crippen molar-refractivity contribution in [3.8, 4) is 5.75 Å². The van der Waals surface area contributed by atoms with E-state index in [1.54, 1.807) is 7.11 Å². The number of carbonyl (C=O) groups is 1. The quantitative estimate of drug-likeness (QED) is 0.591. The third-order valence-electron chi connectivity index (χ3n) is 2.66. The van der Waals surface area contributed by atoms with Crippen LogP contribution in [0.4, 0.5) is 0 Å². The van der Waals surface area contributed by atoms with Gasteiger partial charge in [0.25, 0.3) is 0 Å². The smallest absolute Gasteiger partial charge is 0.496 e. The van der Waals surface area contributed by atoms with Gasteiger partial charge in [0.1, 0.15) is 5.75 Å². The molecule has 2 rings (SSSR count). The monoisotopic (exact) mass is 264 g/mol. The first-order valence-corrected chi connectivity index (χ1v) is 6.56. The van der Waals surface area contributed by atoms with Crippen molar-refractivity contribution in [2.45, 2.75) is 6.92 Å². The van der Waals surface area contributed by atoms with Gasteiger partial charge in [0, 0.05) is 11.1 Å². The summed E-state index contributed by atoms with van der Waals surface area (Å²) in [7, 11) is 2.27. The van der Waals surface area contributed by atoms with Crippen LogP contribution in [0.1, 0.15) is 15.9 Å². The molecule has 0 saturated heterocycles. The third-order valence-corrected chi connectivity index (χ3v) is 3.64. The molecule has 2 aromatic rings. The van der Waals surface area contributed by atoms with Crippen molar-refractivity contribution < 1.29 is 28.4 Å². The summed E-state index contributed by atoms with van der Waals surface area (Å²) in [6.07, 6.45) is 0. The van der Waals surface area contributed by atoms with Crippen LogP contribution in [0.2, 0.25) is 0 Å². The van der Waals surface area contributed by atoms with Crippen molar-refractivity contribution in [1.29, 1.82) is 0 Å². The van der Waals surface area contributed by atoms with Crippen LogP contribution in [-0.2, 0) is 0 Å². The van der Waals surface area contributed by atoms with Gasteiger partial charge in [-0.1, -0.05) is 42.5 Å². The molecule has 0 aliphatic rings. The van der Waals surface area contributed by atoms with E-state index >= 15 is 0 Å². The minimum atomic E-state index is 0. The number of hydrogen-bond acceptors (Lipinski definition) is 2. The van der Waals surface area contributed by atoms with E-state index in [2.05, 4.69) is 0 Å². The second-order valence-corrected chi connectivity index (χ2v) is 5.05. The maximum atomic E-state index is 12.3. The normalized spacial score (nSPS) is 10.2. The number of ether oxygens (including phenoxy) is 1. The minimum Gasteiger partial charge on any atom is -0.496 e. The van der Waals surface area contributed by atoms with Gasteiger partial charge >= 0.3 is 18.9 Å². The maximum absolute atomic E-state index is 12.3. The van der Waals surface area contributed by atoms with Crippen LogP contribution in [0.3, 0.4) is 0 Å². The first kappa shape index (κ1) is 16.0. The average molecular weight is 264 g/mol. The molecular formula is C15H14LiO2P. The van der Waals surface area contributed by atoms with Crippen LogP contribution in [0, 0.1) is 6.92 Å². The van der Waals surface area contributed by atoms with Gasteiger partial charge in [0.15, 0.2) is 0 Å². The molecule has 0 unspecified atom stereocenters. The van der Waals surface area contributed by atoms with Crippen LogP contribution >= 0.6 is 8.58 Å². The predicted molar refractivity (Wildman–Crippen MR) is 75.1 cm³/mol. The van der Waals surface area contributed by atoms with Gasteiger partial charge in [-0.3, -0.25) is 0 Å². The summed E-state index contributed by atoms with van der Waals surface area (Å²) in [4.78, 5) is 12.3. The maximum Gasteiger partial charge on any atom is 1.00 e. The van der Waals surface area contributed by atoms with Crippen molar-refractivity contribution in [1.82, 2.24) is 0 Å². The molecule has 0 heterocycles. The van der Waals surface area contributed by atoms with Gasteiger partial charge in [0.2, 0.25) is 0 Å². The first-order chi connectivity index (χ1) is 8.72. The van der Waals surface area contributed by atoms with Crippen LogP contribution in [0.5, 0.6) is 5.75 Å². The molecule has 0 aromatic heterocycles.